The summed E-state index contributed by atoms with van der Waals surface area (Å²) >= 11 is 1.28. The molecule has 0 aliphatic carbocycles. The number of nitrogens with zero attached hydrogens (tertiary/aromatic N) is 3. The minimum atomic E-state index is -0.381. The smallest absolute Gasteiger partial charge is 0.321 e. The molecular weight excluding hydrogens is 558 g/mol. The summed E-state index contributed by atoms with van der Waals surface area (Å²) in [5.74, 6) is 1.98. The summed E-state index contributed by atoms with van der Waals surface area (Å²) in [6, 6.07) is 19.9. The summed E-state index contributed by atoms with van der Waals surface area (Å²) in [4.78, 5) is 27.9. The van der Waals surface area contributed by atoms with Crippen LogP contribution in [-0.4, -0.2) is 68.6 Å². The van der Waals surface area contributed by atoms with Crippen molar-refractivity contribution in [3.05, 3.63) is 72.3 Å². The van der Waals surface area contributed by atoms with Crippen LogP contribution in [0.5, 0.6) is 23.0 Å². The van der Waals surface area contributed by atoms with Crippen LogP contribution in [0.1, 0.15) is 12.0 Å². The Bertz CT molecular complexity index is 1500. The standard InChI is InChI=1S/C30H33N5O6S/c1-38-22-11-12-23(25(19-22)40-3)31-30(37)35(16-14-20-10-13-24(39-2)26(18-20)41-4)17-15-27(36)32-29-34-33-28(42-29)21-8-6-5-7-9-21/h5-13,18-19H,14-17H2,1-4H3,(H,31,37)(H,32,34,36). The minimum Gasteiger partial charge on any atom is -0.497 e. The zero-order valence-corrected chi connectivity index (χ0v) is 24.7. The number of aromatic nitrogens is 2. The van der Waals surface area contributed by atoms with E-state index in [0.29, 0.717) is 51.8 Å². The number of nitrogens with one attached hydrogen (secondary N) is 2. The lowest BCUT2D eigenvalue weighted by Crippen LogP contribution is -2.38. The number of hydrogen-bond acceptors (Lipinski definition) is 9. The van der Waals surface area contributed by atoms with E-state index < -0.39 is 0 Å². The van der Waals surface area contributed by atoms with Gasteiger partial charge in [0.2, 0.25) is 11.0 Å². The van der Waals surface area contributed by atoms with Gasteiger partial charge in [0.05, 0.1) is 34.1 Å². The molecule has 4 aromatic rings. The first kappa shape index (κ1) is 30.1. The molecule has 42 heavy (non-hydrogen) atoms. The zero-order valence-electron chi connectivity index (χ0n) is 23.9. The number of hydrogen-bond donors (Lipinski definition) is 2. The van der Waals surface area contributed by atoms with Crippen molar-refractivity contribution >= 4 is 34.1 Å². The third-order valence-electron chi connectivity index (χ3n) is 6.36. The van der Waals surface area contributed by atoms with Crippen LogP contribution >= 0.6 is 11.3 Å². The van der Waals surface area contributed by atoms with Crippen LogP contribution in [0.25, 0.3) is 10.6 Å². The number of carbonyl (C=O) groups excluding carboxylic acids is 2. The van der Waals surface area contributed by atoms with Crippen molar-refractivity contribution in [3.8, 4) is 33.6 Å². The van der Waals surface area contributed by atoms with Crippen molar-refractivity contribution in [2.24, 2.45) is 0 Å². The molecule has 0 saturated carbocycles. The molecule has 0 bridgehead atoms. The van der Waals surface area contributed by atoms with Gasteiger partial charge in [-0.05, 0) is 36.2 Å². The first-order valence-corrected chi connectivity index (χ1v) is 13.9. The molecule has 0 unspecified atom stereocenters. The Morgan fingerprint density at radius 2 is 1.55 bits per heavy atom. The van der Waals surface area contributed by atoms with Gasteiger partial charge in [-0.2, -0.15) is 0 Å². The lowest BCUT2D eigenvalue weighted by molar-refractivity contribution is -0.116. The topological polar surface area (TPSA) is 124 Å². The molecule has 2 N–H and O–H groups in total. The van der Waals surface area contributed by atoms with E-state index in [4.69, 9.17) is 18.9 Å². The maximum absolute atomic E-state index is 13.4. The van der Waals surface area contributed by atoms with Gasteiger partial charge in [0, 0.05) is 31.1 Å². The second kappa shape index (κ2) is 14.7. The highest BCUT2D eigenvalue weighted by molar-refractivity contribution is 7.18. The molecule has 3 amide bonds. The fraction of sp³-hybridized carbons (Fsp3) is 0.267. The van der Waals surface area contributed by atoms with Crippen LogP contribution in [0.2, 0.25) is 0 Å². The molecular formula is C30H33N5O6S. The maximum Gasteiger partial charge on any atom is 0.321 e. The number of rotatable bonds is 13. The fourth-order valence-electron chi connectivity index (χ4n) is 4.10. The number of amides is 3. The Kier molecular flexibility index (Phi) is 10.5. The third-order valence-corrected chi connectivity index (χ3v) is 7.24. The van der Waals surface area contributed by atoms with Gasteiger partial charge in [-0.3, -0.25) is 4.79 Å². The quantitative estimate of drug-likeness (QED) is 0.213. The number of carbonyl (C=O) groups is 2. The monoisotopic (exact) mass is 591 g/mol. The minimum absolute atomic E-state index is 0.0549. The molecule has 3 aromatic carbocycles. The molecule has 1 aromatic heterocycles. The Morgan fingerprint density at radius 1 is 0.786 bits per heavy atom. The van der Waals surface area contributed by atoms with Crippen molar-refractivity contribution < 1.29 is 28.5 Å². The Labute approximate surface area is 248 Å². The van der Waals surface area contributed by atoms with E-state index >= 15 is 0 Å². The molecule has 0 radical (unpaired) electrons. The third kappa shape index (κ3) is 7.88. The van der Waals surface area contributed by atoms with Crippen LogP contribution in [0.4, 0.5) is 15.6 Å². The molecule has 220 valence electrons. The fourth-order valence-corrected chi connectivity index (χ4v) is 4.87. The van der Waals surface area contributed by atoms with Gasteiger partial charge in [-0.25, -0.2) is 4.79 Å². The van der Waals surface area contributed by atoms with Gasteiger partial charge in [-0.15, -0.1) is 10.2 Å². The first-order chi connectivity index (χ1) is 20.4. The van der Waals surface area contributed by atoms with E-state index in [2.05, 4.69) is 20.8 Å². The Balaban J connectivity index is 1.44. The van der Waals surface area contributed by atoms with E-state index in [1.807, 2.05) is 48.5 Å². The molecule has 0 fully saturated rings. The average molecular weight is 592 g/mol. The molecule has 4 rings (SSSR count). The summed E-state index contributed by atoms with van der Waals surface area (Å²) in [7, 11) is 6.22. The highest BCUT2D eigenvalue weighted by atomic mass is 32.1. The summed E-state index contributed by atoms with van der Waals surface area (Å²) in [5, 5.41) is 15.0. The predicted molar refractivity (Wildman–Crippen MR) is 162 cm³/mol. The molecule has 0 atom stereocenters. The molecule has 0 aliphatic rings. The SMILES string of the molecule is COc1ccc(NC(=O)N(CCC(=O)Nc2nnc(-c3ccccc3)s2)CCc2ccc(OC)c(OC)c2)c(OC)c1. The highest BCUT2D eigenvalue weighted by Crippen LogP contribution is 2.30. The van der Waals surface area contributed by atoms with Crippen LogP contribution in [0.15, 0.2) is 66.7 Å². The normalized spacial score (nSPS) is 10.5. The lowest BCUT2D eigenvalue weighted by Gasteiger charge is -2.24. The van der Waals surface area contributed by atoms with Crippen molar-refractivity contribution in [2.45, 2.75) is 12.8 Å². The Morgan fingerprint density at radius 3 is 2.26 bits per heavy atom. The molecule has 11 nitrogen and oxygen atoms in total. The predicted octanol–water partition coefficient (Wildman–Crippen LogP) is 5.34. The van der Waals surface area contributed by atoms with Crippen LogP contribution in [0.3, 0.4) is 0 Å². The summed E-state index contributed by atoms with van der Waals surface area (Å²) in [5.41, 5.74) is 2.34. The van der Waals surface area contributed by atoms with Crippen molar-refractivity contribution in [1.29, 1.82) is 0 Å². The van der Waals surface area contributed by atoms with Crippen LogP contribution in [-0.2, 0) is 11.2 Å². The highest BCUT2D eigenvalue weighted by Gasteiger charge is 2.19. The molecule has 1 heterocycles. The van der Waals surface area contributed by atoms with E-state index in [9.17, 15) is 9.59 Å². The van der Waals surface area contributed by atoms with Gasteiger partial charge in [-0.1, -0.05) is 47.7 Å². The van der Waals surface area contributed by atoms with E-state index in [0.717, 1.165) is 11.1 Å². The largest absolute Gasteiger partial charge is 0.497 e. The average Bonchev–Trinajstić information content (AvgIpc) is 3.49. The number of methoxy groups -OCH3 is 4. The summed E-state index contributed by atoms with van der Waals surface area (Å²) < 4.78 is 21.4. The van der Waals surface area contributed by atoms with Gasteiger partial charge < -0.3 is 34.5 Å². The van der Waals surface area contributed by atoms with Gasteiger partial charge >= 0.3 is 6.03 Å². The van der Waals surface area contributed by atoms with E-state index in [1.54, 1.807) is 44.4 Å². The zero-order chi connectivity index (χ0) is 29.9. The molecule has 0 aliphatic heterocycles. The number of benzene rings is 3. The summed E-state index contributed by atoms with van der Waals surface area (Å²) in [6.07, 6.45) is 0.575. The maximum atomic E-state index is 13.4. The van der Waals surface area contributed by atoms with Crippen molar-refractivity contribution in [1.82, 2.24) is 15.1 Å². The van der Waals surface area contributed by atoms with E-state index in [-0.39, 0.29) is 24.9 Å². The molecule has 12 heteroatoms. The number of anilines is 2. The molecule has 0 spiro atoms. The number of ether oxygens (including phenoxy) is 4. The van der Waals surface area contributed by atoms with Gasteiger partial charge in [0.15, 0.2) is 11.5 Å². The van der Waals surface area contributed by atoms with Crippen molar-refractivity contribution in [3.63, 3.8) is 0 Å². The van der Waals surface area contributed by atoms with Gasteiger partial charge in [0.1, 0.15) is 16.5 Å². The number of urea groups is 1. The first-order valence-electron chi connectivity index (χ1n) is 13.1. The van der Waals surface area contributed by atoms with Crippen LogP contribution < -0.4 is 29.6 Å². The Hall–Kier alpha value is -4.84. The molecule has 0 saturated heterocycles. The second-order valence-corrected chi connectivity index (χ2v) is 9.98. The second-order valence-electron chi connectivity index (χ2n) is 9.00. The van der Waals surface area contributed by atoms with Gasteiger partial charge in [0.25, 0.3) is 0 Å². The summed E-state index contributed by atoms with van der Waals surface area (Å²) in [6.45, 7) is 0.498. The van der Waals surface area contributed by atoms with Crippen molar-refractivity contribution in [2.75, 3.05) is 52.2 Å². The van der Waals surface area contributed by atoms with E-state index in [1.165, 1.54) is 18.4 Å². The lowest BCUT2D eigenvalue weighted by atomic mass is 10.1. The van der Waals surface area contributed by atoms with Crippen LogP contribution in [0, 0.1) is 0 Å².